The van der Waals surface area contributed by atoms with Gasteiger partial charge in [-0.2, -0.15) is 13.2 Å². The van der Waals surface area contributed by atoms with Gasteiger partial charge in [-0.15, -0.1) is 0 Å². The minimum Gasteiger partial charge on any atom is -0.468 e. The van der Waals surface area contributed by atoms with Gasteiger partial charge in [0.1, 0.15) is 11.6 Å². The molecule has 0 aromatic heterocycles. The Morgan fingerprint density at radius 3 is 2.46 bits per heavy atom. The third-order valence-corrected chi connectivity index (χ3v) is 3.63. The lowest BCUT2D eigenvalue weighted by Gasteiger charge is -2.28. The maximum atomic E-state index is 12.3. The van der Waals surface area contributed by atoms with Crippen molar-refractivity contribution in [2.24, 2.45) is 0 Å². The number of hydrogen-bond acceptors (Lipinski definition) is 6. The molecule has 1 fully saturated rings. The van der Waals surface area contributed by atoms with Crippen molar-refractivity contribution in [3.63, 3.8) is 0 Å². The SMILES string of the molecule is COC(=O)[C@H](COC[C@H]1CCCN1C(=O)OC(C)(C)C)NCC(F)(F)F. The van der Waals surface area contributed by atoms with Crippen LogP contribution in [0, 0.1) is 0 Å². The number of nitrogens with zero attached hydrogens (tertiary/aromatic N) is 1. The molecule has 26 heavy (non-hydrogen) atoms. The van der Waals surface area contributed by atoms with Crippen LogP contribution in [0.1, 0.15) is 33.6 Å². The molecule has 1 rings (SSSR count). The van der Waals surface area contributed by atoms with Crippen LogP contribution in [0.2, 0.25) is 0 Å². The van der Waals surface area contributed by atoms with E-state index in [1.165, 1.54) is 0 Å². The van der Waals surface area contributed by atoms with Crippen LogP contribution < -0.4 is 5.32 Å². The van der Waals surface area contributed by atoms with Crippen LogP contribution in [-0.4, -0.2) is 74.2 Å². The molecule has 0 aromatic rings. The molecule has 1 amide bonds. The quantitative estimate of drug-likeness (QED) is 0.678. The van der Waals surface area contributed by atoms with Crippen molar-refractivity contribution < 1.29 is 37.0 Å². The molecule has 1 heterocycles. The van der Waals surface area contributed by atoms with Gasteiger partial charge in [-0.1, -0.05) is 0 Å². The van der Waals surface area contributed by atoms with Gasteiger partial charge in [-0.05, 0) is 33.6 Å². The van der Waals surface area contributed by atoms with Crippen molar-refractivity contribution in [2.45, 2.75) is 57.5 Å². The molecule has 1 aliphatic rings. The van der Waals surface area contributed by atoms with Gasteiger partial charge in [0.25, 0.3) is 0 Å². The Kier molecular flexibility index (Phi) is 8.14. The molecule has 1 aliphatic heterocycles. The van der Waals surface area contributed by atoms with E-state index < -0.39 is 36.4 Å². The number of nitrogens with one attached hydrogen (secondary N) is 1. The zero-order valence-corrected chi connectivity index (χ0v) is 15.5. The van der Waals surface area contributed by atoms with Gasteiger partial charge in [-0.25, -0.2) is 4.79 Å². The van der Waals surface area contributed by atoms with Crippen LogP contribution in [0.3, 0.4) is 0 Å². The molecule has 1 saturated heterocycles. The average Bonchev–Trinajstić information content (AvgIpc) is 2.95. The molecule has 0 radical (unpaired) electrons. The fourth-order valence-electron chi connectivity index (χ4n) is 2.48. The highest BCUT2D eigenvalue weighted by atomic mass is 19.4. The number of esters is 1. The lowest BCUT2D eigenvalue weighted by Crippen LogP contribution is -2.46. The van der Waals surface area contributed by atoms with Crippen molar-refractivity contribution in [1.82, 2.24) is 10.2 Å². The molecule has 1 N–H and O–H groups in total. The number of carbonyl (C=O) groups excluding carboxylic acids is 2. The van der Waals surface area contributed by atoms with Crippen molar-refractivity contribution in [3.8, 4) is 0 Å². The summed E-state index contributed by atoms with van der Waals surface area (Å²) in [6.45, 7) is 4.29. The number of alkyl halides is 3. The summed E-state index contributed by atoms with van der Waals surface area (Å²) in [7, 11) is 1.09. The average molecular weight is 384 g/mol. The first-order valence-electron chi connectivity index (χ1n) is 8.38. The second-order valence-electron chi connectivity index (χ2n) is 7.08. The molecule has 7 nitrogen and oxygen atoms in total. The highest BCUT2D eigenvalue weighted by molar-refractivity contribution is 5.75. The van der Waals surface area contributed by atoms with E-state index >= 15 is 0 Å². The van der Waals surface area contributed by atoms with Gasteiger partial charge in [0, 0.05) is 6.54 Å². The second-order valence-corrected chi connectivity index (χ2v) is 7.08. The molecule has 0 bridgehead atoms. The first kappa shape index (κ1) is 22.5. The zero-order chi connectivity index (χ0) is 20.0. The number of methoxy groups -OCH3 is 1. The molecule has 152 valence electrons. The highest BCUT2D eigenvalue weighted by Gasteiger charge is 2.33. The first-order valence-corrected chi connectivity index (χ1v) is 8.38. The summed E-state index contributed by atoms with van der Waals surface area (Å²) in [6.07, 6.45) is -3.44. The smallest absolute Gasteiger partial charge is 0.410 e. The number of halogens is 3. The molecular weight excluding hydrogens is 357 g/mol. The number of amides is 1. The number of carbonyl (C=O) groups is 2. The Bertz CT molecular complexity index is 479. The molecule has 0 saturated carbocycles. The molecule has 0 aliphatic carbocycles. The third-order valence-electron chi connectivity index (χ3n) is 3.63. The second kappa shape index (κ2) is 9.40. The molecule has 0 spiro atoms. The monoisotopic (exact) mass is 384 g/mol. The van der Waals surface area contributed by atoms with Crippen LogP contribution in [0.4, 0.5) is 18.0 Å². The lowest BCUT2D eigenvalue weighted by molar-refractivity contribution is -0.148. The lowest BCUT2D eigenvalue weighted by atomic mass is 10.2. The van der Waals surface area contributed by atoms with E-state index in [-0.39, 0.29) is 19.3 Å². The molecule has 0 aromatic carbocycles. The van der Waals surface area contributed by atoms with E-state index in [2.05, 4.69) is 10.1 Å². The number of rotatable bonds is 7. The van der Waals surface area contributed by atoms with Crippen LogP contribution in [0.5, 0.6) is 0 Å². The molecule has 2 atom stereocenters. The predicted molar refractivity (Wildman–Crippen MR) is 86.6 cm³/mol. The Morgan fingerprint density at radius 1 is 1.27 bits per heavy atom. The maximum Gasteiger partial charge on any atom is 0.410 e. The standard InChI is InChI=1S/C16H27F3N2O5/c1-15(2,3)26-14(23)21-7-5-6-11(21)8-25-9-12(13(22)24-4)20-10-16(17,18)19/h11-12,20H,5-10H2,1-4H3/t11-,12+/m1/s1. The summed E-state index contributed by atoms with van der Waals surface area (Å²) in [5.74, 6) is -0.843. The summed E-state index contributed by atoms with van der Waals surface area (Å²) in [4.78, 5) is 25.3. The number of hydrogen-bond donors (Lipinski definition) is 1. The van der Waals surface area contributed by atoms with Crippen molar-refractivity contribution in [2.75, 3.05) is 33.4 Å². The Morgan fingerprint density at radius 2 is 1.92 bits per heavy atom. The summed E-state index contributed by atoms with van der Waals surface area (Å²) in [6, 6.07) is -1.48. The van der Waals surface area contributed by atoms with Gasteiger partial charge in [0.15, 0.2) is 0 Å². The van der Waals surface area contributed by atoms with Gasteiger partial charge >= 0.3 is 18.2 Å². The van der Waals surface area contributed by atoms with E-state index in [0.717, 1.165) is 13.5 Å². The van der Waals surface area contributed by atoms with E-state index in [4.69, 9.17) is 9.47 Å². The van der Waals surface area contributed by atoms with Gasteiger partial charge in [-0.3, -0.25) is 10.1 Å². The van der Waals surface area contributed by atoms with Gasteiger partial charge < -0.3 is 19.1 Å². The van der Waals surface area contributed by atoms with Crippen molar-refractivity contribution in [1.29, 1.82) is 0 Å². The van der Waals surface area contributed by atoms with Crippen molar-refractivity contribution in [3.05, 3.63) is 0 Å². The minimum atomic E-state index is -4.45. The Labute approximate surface area is 151 Å². The number of ether oxygens (including phenoxy) is 3. The van der Waals surface area contributed by atoms with E-state index in [1.54, 1.807) is 25.7 Å². The summed E-state index contributed by atoms with van der Waals surface area (Å²) in [5.41, 5.74) is -0.622. The highest BCUT2D eigenvalue weighted by Crippen LogP contribution is 2.21. The fraction of sp³-hybridized carbons (Fsp3) is 0.875. The summed E-state index contributed by atoms with van der Waals surface area (Å²) < 4.78 is 52.1. The summed E-state index contributed by atoms with van der Waals surface area (Å²) in [5, 5.41) is 2.07. The predicted octanol–water partition coefficient (Wildman–Crippen LogP) is 2.10. The minimum absolute atomic E-state index is 0.0977. The Hall–Kier alpha value is -1.55. The number of likely N-dealkylation sites (tertiary alicyclic amines) is 1. The van der Waals surface area contributed by atoms with E-state index in [1.807, 2.05) is 0 Å². The zero-order valence-electron chi connectivity index (χ0n) is 15.5. The molecule has 0 unspecified atom stereocenters. The third kappa shape index (κ3) is 8.22. The maximum absolute atomic E-state index is 12.3. The molecular formula is C16H27F3N2O5. The van der Waals surface area contributed by atoms with Gasteiger partial charge in [0.2, 0.25) is 0 Å². The normalized spacial score (nSPS) is 19.3. The largest absolute Gasteiger partial charge is 0.468 e. The van der Waals surface area contributed by atoms with E-state index in [9.17, 15) is 22.8 Å². The fourth-order valence-corrected chi connectivity index (χ4v) is 2.48. The summed E-state index contributed by atoms with van der Waals surface area (Å²) >= 11 is 0. The van der Waals surface area contributed by atoms with Crippen LogP contribution in [-0.2, 0) is 19.0 Å². The van der Waals surface area contributed by atoms with Crippen LogP contribution >= 0.6 is 0 Å². The van der Waals surface area contributed by atoms with Crippen LogP contribution in [0.25, 0.3) is 0 Å². The van der Waals surface area contributed by atoms with E-state index in [0.29, 0.717) is 13.0 Å². The molecule has 10 heteroatoms. The van der Waals surface area contributed by atoms with Crippen LogP contribution in [0.15, 0.2) is 0 Å². The topological polar surface area (TPSA) is 77.1 Å². The van der Waals surface area contributed by atoms with Gasteiger partial charge in [0.05, 0.1) is 32.9 Å². The van der Waals surface area contributed by atoms with Crippen molar-refractivity contribution >= 4 is 12.1 Å². The Balaban J connectivity index is 2.51. The first-order chi connectivity index (χ1) is 11.9.